The molecule has 0 heterocycles. The number of benzene rings is 2. The lowest BCUT2D eigenvalue weighted by molar-refractivity contribution is 0.0947. The Morgan fingerprint density at radius 3 is 2.62 bits per heavy atom. The lowest BCUT2D eigenvalue weighted by Gasteiger charge is -2.06. The first-order valence-electron chi connectivity index (χ1n) is 6.42. The Labute approximate surface area is 122 Å². The maximum atomic E-state index is 13.9. The van der Waals surface area contributed by atoms with E-state index in [1.54, 1.807) is 6.07 Å². The van der Waals surface area contributed by atoms with Gasteiger partial charge >= 0.3 is 0 Å². The van der Waals surface area contributed by atoms with Crippen molar-refractivity contribution in [1.82, 2.24) is 5.32 Å². The molecule has 2 aromatic carbocycles. The van der Waals surface area contributed by atoms with Crippen LogP contribution in [0.3, 0.4) is 0 Å². The number of aliphatic hydroxyl groups is 1. The molecule has 0 aliphatic heterocycles. The van der Waals surface area contributed by atoms with Gasteiger partial charge in [-0.05, 0) is 23.8 Å². The molecule has 0 aliphatic carbocycles. The summed E-state index contributed by atoms with van der Waals surface area (Å²) in [5.41, 5.74) is 1.33. The van der Waals surface area contributed by atoms with Gasteiger partial charge in [0.05, 0.1) is 5.56 Å². The van der Waals surface area contributed by atoms with Crippen LogP contribution in [0.2, 0.25) is 0 Å². The van der Waals surface area contributed by atoms with Crippen LogP contribution in [-0.4, -0.2) is 17.6 Å². The molecule has 0 atom stereocenters. The van der Waals surface area contributed by atoms with Crippen molar-refractivity contribution in [3.63, 3.8) is 0 Å². The molecule has 2 N–H and O–H groups in total. The fourth-order valence-corrected chi connectivity index (χ4v) is 1.79. The number of hydrogen-bond donors (Lipinski definition) is 2. The van der Waals surface area contributed by atoms with Crippen molar-refractivity contribution in [3.8, 4) is 11.8 Å². The Morgan fingerprint density at radius 2 is 1.95 bits per heavy atom. The number of hydrogen-bond acceptors (Lipinski definition) is 2. The van der Waals surface area contributed by atoms with Gasteiger partial charge in [-0.25, -0.2) is 4.39 Å². The summed E-state index contributed by atoms with van der Waals surface area (Å²) >= 11 is 0. The van der Waals surface area contributed by atoms with Crippen molar-refractivity contribution in [2.75, 3.05) is 6.61 Å². The summed E-state index contributed by atoms with van der Waals surface area (Å²) in [7, 11) is 0. The third-order valence-corrected chi connectivity index (χ3v) is 2.82. The number of carbonyl (C=O) groups is 1. The van der Waals surface area contributed by atoms with E-state index in [2.05, 4.69) is 17.2 Å². The first kappa shape index (κ1) is 14.8. The molecule has 3 nitrogen and oxygen atoms in total. The largest absolute Gasteiger partial charge is 0.384 e. The van der Waals surface area contributed by atoms with Gasteiger partial charge in [-0.2, -0.15) is 0 Å². The van der Waals surface area contributed by atoms with Crippen molar-refractivity contribution in [1.29, 1.82) is 0 Å². The van der Waals surface area contributed by atoms with Crippen molar-refractivity contribution in [2.45, 2.75) is 6.54 Å². The Morgan fingerprint density at radius 1 is 1.19 bits per heavy atom. The average molecular weight is 283 g/mol. The molecule has 21 heavy (non-hydrogen) atoms. The van der Waals surface area contributed by atoms with Gasteiger partial charge in [0.15, 0.2) is 0 Å². The van der Waals surface area contributed by atoms with E-state index >= 15 is 0 Å². The summed E-state index contributed by atoms with van der Waals surface area (Å²) in [6, 6.07) is 13.5. The molecule has 0 saturated carbocycles. The third-order valence-electron chi connectivity index (χ3n) is 2.82. The second-order valence-electron chi connectivity index (χ2n) is 4.32. The molecule has 0 radical (unpaired) electrons. The molecular formula is C17H14FNO2. The molecule has 106 valence electrons. The Hall–Kier alpha value is -2.64. The molecule has 1 amide bonds. The highest BCUT2D eigenvalue weighted by Crippen LogP contribution is 2.10. The van der Waals surface area contributed by atoms with E-state index in [4.69, 9.17) is 5.11 Å². The van der Waals surface area contributed by atoms with Crippen LogP contribution in [-0.2, 0) is 6.54 Å². The predicted octanol–water partition coefficient (Wildman–Crippen LogP) is 2.10. The minimum Gasteiger partial charge on any atom is -0.384 e. The summed E-state index contributed by atoms with van der Waals surface area (Å²) in [6.07, 6.45) is 0. The molecule has 0 spiro atoms. The number of rotatable bonds is 3. The number of halogens is 1. The van der Waals surface area contributed by atoms with Crippen LogP contribution in [0.15, 0.2) is 48.5 Å². The molecule has 0 aliphatic rings. The monoisotopic (exact) mass is 283 g/mol. The van der Waals surface area contributed by atoms with Gasteiger partial charge in [0.25, 0.3) is 5.91 Å². The van der Waals surface area contributed by atoms with Crippen LogP contribution in [0.25, 0.3) is 0 Å². The van der Waals surface area contributed by atoms with Crippen LogP contribution in [0.1, 0.15) is 21.5 Å². The maximum Gasteiger partial charge on any atom is 0.254 e. The fourth-order valence-electron chi connectivity index (χ4n) is 1.79. The molecule has 0 fully saturated rings. The fraction of sp³-hybridized carbons (Fsp3) is 0.118. The van der Waals surface area contributed by atoms with Crippen molar-refractivity contribution in [2.24, 2.45) is 0 Å². The summed E-state index contributed by atoms with van der Waals surface area (Å²) in [5.74, 6) is 3.90. The van der Waals surface area contributed by atoms with Crippen molar-refractivity contribution >= 4 is 5.91 Å². The molecular weight excluding hydrogens is 269 g/mol. The molecule has 0 saturated heterocycles. The highest BCUT2D eigenvalue weighted by Gasteiger charge is 2.11. The smallest absolute Gasteiger partial charge is 0.254 e. The Kier molecular flexibility index (Phi) is 5.08. The molecule has 0 aromatic heterocycles. The second-order valence-corrected chi connectivity index (χ2v) is 4.32. The van der Waals surface area contributed by atoms with Gasteiger partial charge in [0.1, 0.15) is 12.4 Å². The minimum atomic E-state index is -0.634. The summed E-state index contributed by atoms with van der Waals surface area (Å²) < 4.78 is 13.9. The Balaban J connectivity index is 2.05. The first-order valence-corrected chi connectivity index (χ1v) is 6.42. The summed E-state index contributed by atoms with van der Waals surface area (Å²) in [5, 5.41) is 11.3. The zero-order valence-corrected chi connectivity index (χ0v) is 11.3. The van der Waals surface area contributed by atoms with Gasteiger partial charge < -0.3 is 10.4 Å². The van der Waals surface area contributed by atoms with E-state index in [9.17, 15) is 9.18 Å². The van der Waals surface area contributed by atoms with Gasteiger partial charge in [-0.15, -0.1) is 0 Å². The van der Waals surface area contributed by atoms with Crippen LogP contribution in [0.5, 0.6) is 0 Å². The van der Waals surface area contributed by atoms with Crippen LogP contribution >= 0.6 is 0 Å². The number of nitrogens with one attached hydrogen (secondary N) is 1. The van der Waals surface area contributed by atoms with Crippen LogP contribution in [0.4, 0.5) is 4.39 Å². The van der Waals surface area contributed by atoms with Gasteiger partial charge in [-0.3, -0.25) is 4.79 Å². The van der Waals surface area contributed by atoms with E-state index in [-0.39, 0.29) is 12.2 Å². The van der Waals surface area contributed by atoms with E-state index < -0.39 is 11.7 Å². The zero-order valence-electron chi connectivity index (χ0n) is 11.3. The van der Waals surface area contributed by atoms with Crippen molar-refractivity contribution < 1.29 is 14.3 Å². The number of carbonyl (C=O) groups excluding carboxylic acids is 1. The number of amides is 1. The zero-order chi connectivity index (χ0) is 15.1. The van der Waals surface area contributed by atoms with Crippen LogP contribution < -0.4 is 5.32 Å². The number of aliphatic hydroxyl groups excluding tert-OH is 1. The predicted molar refractivity (Wildman–Crippen MR) is 78.0 cm³/mol. The average Bonchev–Trinajstić information content (AvgIpc) is 2.51. The normalized spacial score (nSPS) is 9.62. The second kappa shape index (κ2) is 7.22. The quantitative estimate of drug-likeness (QED) is 0.848. The molecule has 0 unspecified atom stereocenters. The van der Waals surface area contributed by atoms with Gasteiger partial charge in [-0.1, -0.05) is 42.2 Å². The van der Waals surface area contributed by atoms with Gasteiger partial charge in [0.2, 0.25) is 0 Å². The third kappa shape index (κ3) is 4.16. The van der Waals surface area contributed by atoms with E-state index in [0.29, 0.717) is 12.1 Å². The summed E-state index contributed by atoms with van der Waals surface area (Å²) in [6.45, 7) is 0.0477. The summed E-state index contributed by atoms with van der Waals surface area (Å²) in [4.78, 5) is 11.9. The van der Waals surface area contributed by atoms with E-state index in [0.717, 1.165) is 5.56 Å². The molecule has 2 rings (SSSR count). The first-order chi connectivity index (χ1) is 10.2. The maximum absolute atomic E-state index is 13.9. The lowest BCUT2D eigenvalue weighted by atomic mass is 10.1. The topological polar surface area (TPSA) is 49.3 Å². The van der Waals surface area contributed by atoms with E-state index in [1.807, 2.05) is 30.3 Å². The Bertz CT molecular complexity index is 687. The molecule has 2 aromatic rings. The van der Waals surface area contributed by atoms with Crippen molar-refractivity contribution in [3.05, 3.63) is 71.0 Å². The molecule has 4 heteroatoms. The SMILES string of the molecule is O=C(NCc1ccccc1)c1ccc(C#CCO)cc1F. The van der Waals surface area contributed by atoms with E-state index in [1.165, 1.54) is 12.1 Å². The minimum absolute atomic E-state index is 0.0273. The van der Waals surface area contributed by atoms with Crippen LogP contribution in [0, 0.1) is 17.7 Å². The standard InChI is InChI=1S/C17H14FNO2/c18-16-11-13(7-4-10-20)8-9-15(16)17(21)19-12-14-5-2-1-3-6-14/h1-3,5-6,8-9,11,20H,10,12H2,(H,19,21). The highest BCUT2D eigenvalue weighted by atomic mass is 19.1. The molecule has 0 bridgehead atoms. The lowest BCUT2D eigenvalue weighted by Crippen LogP contribution is -2.23. The van der Waals surface area contributed by atoms with Gasteiger partial charge in [0, 0.05) is 12.1 Å². The highest BCUT2D eigenvalue weighted by molar-refractivity contribution is 5.94.